The van der Waals surface area contributed by atoms with Gasteiger partial charge in [0, 0.05) is 38.0 Å². The first-order valence-electron chi connectivity index (χ1n) is 10.7. The molecule has 5 rings (SSSR count). The number of aryl methyl sites for hydroxylation is 2. The van der Waals surface area contributed by atoms with Crippen LogP contribution in [0.1, 0.15) is 70.8 Å². The van der Waals surface area contributed by atoms with E-state index in [-0.39, 0.29) is 5.91 Å². The van der Waals surface area contributed by atoms with E-state index in [1.807, 2.05) is 11.8 Å². The van der Waals surface area contributed by atoms with Crippen molar-refractivity contribution in [1.82, 2.24) is 24.6 Å². The van der Waals surface area contributed by atoms with Crippen molar-refractivity contribution in [2.75, 3.05) is 26.7 Å². The van der Waals surface area contributed by atoms with Crippen LogP contribution >= 0.6 is 0 Å². The molecule has 2 aromatic heterocycles. The topological polar surface area (TPSA) is 67.4 Å². The van der Waals surface area contributed by atoms with E-state index in [2.05, 4.69) is 26.7 Å². The zero-order valence-electron chi connectivity index (χ0n) is 16.9. The standard InChI is InChI=1S/C21H29N5O2/c1-14-19(15-6-3-4-8-17(15)28-14)21(27)25-11-9-18-22-23-20(26(18)13-12-25)16-7-5-10-24(16)2/h16H,3-13H2,1-2H3. The molecule has 1 atom stereocenters. The van der Waals surface area contributed by atoms with Gasteiger partial charge in [0.05, 0.1) is 11.6 Å². The maximum absolute atomic E-state index is 13.4. The van der Waals surface area contributed by atoms with Crippen molar-refractivity contribution >= 4 is 5.91 Å². The van der Waals surface area contributed by atoms with Crippen LogP contribution in [0.3, 0.4) is 0 Å². The number of nitrogens with zero attached hydrogens (tertiary/aromatic N) is 5. The molecule has 0 spiro atoms. The van der Waals surface area contributed by atoms with Gasteiger partial charge >= 0.3 is 0 Å². The summed E-state index contributed by atoms with van der Waals surface area (Å²) in [5.74, 6) is 4.03. The number of carbonyl (C=O) groups is 1. The Labute approximate surface area is 165 Å². The molecule has 1 amide bonds. The lowest BCUT2D eigenvalue weighted by molar-refractivity contribution is 0.0755. The largest absolute Gasteiger partial charge is 0.465 e. The van der Waals surface area contributed by atoms with Crippen molar-refractivity contribution < 1.29 is 9.21 Å². The van der Waals surface area contributed by atoms with Gasteiger partial charge in [0.25, 0.3) is 5.91 Å². The molecule has 0 N–H and O–H groups in total. The summed E-state index contributed by atoms with van der Waals surface area (Å²) in [5, 5.41) is 8.99. The lowest BCUT2D eigenvalue weighted by atomic mass is 9.94. The predicted molar refractivity (Wildman–Crippen MR) is 104 cm³/mol. The molecule has 1 fully saturated rings. The van der Waals surface area contributed by atoms with Crippen LogP contribution in [0.25, 0.3) is 0 Å². The number of furan rings is 1. The van der Waals surface area contributed by atoms with E-state index in [4.69, 9.17) is 4.42 Å². The van der Waals surface area contributed by atoms with E-state index in [0.717, 1.165) is 85.9 Å². The highest BCUT2D eigenvalue weighted by molar-refractivity contribution is 5.97. The molecule has 0 saturated carbocycles. The zero-order valence-corrected chi connectivity index (χ0v) is 16.9. The van der Waals surface area contributed by atoms with Crippen LogP contribution in [0.2, 0.25) is 0 Å². The third-order valence-corrected chi connectivity index (χ3v) is 6.72. The molecule has 4 heterocycles. The van der Waals surface area contributed by atoms with Crippen LogP contribution < -0.4 is 0 Å². The van der Waals surface area contributed by atoms with Crippen molar-refractivity contribution in [3.63, 3.8) is 0 Å². The van der Waals surface area contributed by atoms with Gasteiger partial charge in [-0.15, -0.1) is 10.2 Å². The molecule has 0 bridgehead atoms. The first kappa shape index (κ1) is 17.9. The third kappa shape index (κ3) is 2.87. The third-order valence-electron chi connectivity index (χ3n) is 6.72. The van der Waals surface area contributed by atoms with E-state index < -0.39 is 0 Å². The Hall–Kier alpha value is -2.15. The van der Waals surface area contributed by atoms with Crippen LogP contribution in [0, 0.1) is 6.92 Å². The molecule has 7 heteroatoms. The molecule has 1 unspecified atom stereocenters. The summed E-state index contributed by atoms with van der Waals surface area (Å²) in [7, 11) is 2.16. The van der Waals surface area contributed by atoms with Crippen molar-refractivity contribution in [3.05, 3.63) is 34.3 Å². The van der Waals surface area contributed by atoms with E-state index >= 15 is 0 Å². The maximum Gasteiger partial charge on any atom is 0.257 e. The van der Waals surface area contributed by atoms with Gasteiger partial charge in [-0.1, -0.05) is 0 Å². The number of carbonyl (C=O) groups excluding carboxylic acids is 1. The summed E-state index contributed by atoms with van der Waals surface area (Å²) in [6.07, 6.45) is 7.33. The number of fused-ring (bicyclic) bond motifs is 2. The van der Waals surface area contributed by atoms with Gasteiger partial charge in [-0.25, -0.2) is 0 Å². The van der Waals surface area contributed by atoms with Gasteiger partial charge in [-0.2, -0.15) is 0 Å². The molecule has 1 saturated heterocycles. The quantitative estimate of drug-likeness (QED) is 0.797. The number of hydrogen-bond donors (Lipinski definition) is 0. The minimum Gasteiger partial charge on any atom is -0.465 e. The van der Waals surface area contributed by atoms with E-state index in [1.165, 1.54) is 6.42 Å². The van der Waals surface area contributed by atoms with Gasteiger partial charge in [0.15, 0.2) is 0 Å². The maximum atomic E-state index is 13.4. The van der Waals surface area contributed by atoms with E-state index in [1.54, 1.807) is 0 Å². The highest BCUT2D eigenvalue weighted by Crippen LogP contribution is 2.32. The van der Waals surface area contributed by atoms with Crippen LogP contribution in [0.4, 0.5) is 0 Å². The summed E-state index contributed by atoms with van der Waals surface area (Å²) in [6, 6.07) is 0.353. The first-order chi connectivity index (χ1) is 13.6. The average molecular weight is 383 g/mol. The van der Waals surface area contributed by atoms with E-state index in [9.17, 15) is 4.79 Å². The second-order valence-electron chi connectivity index (χ2n) is 8.45. The fraction of sp³-hybridized carbons (Fsp3) is 0.667. The smallest absolute Gasteiger partial charge is 0.257 e. The highest BCUT2D eigenvalue weighted by Gasteiger charge is 2.32. The fourth-order valence-electron chi connectivity index (χ4n) is 5.17. The first-order valence-corrected chi connectivity index (χ1v) is 10.7. The van der Waals surface area contributed by atoms with Crippen molar-refractivity contribution in [3.8, 4) is 0 Å². The molecule has 0 aromatic carbocycles. The van der Waals surface area contributed by atoms with Crippen molar-refractivity contribution in [1.29, 1.82) is 0 Å². The molecule has 28 heavy (non-hydrogen) atoms. The van der Waals surface area contributed by atoms with Crippen LogP contribution in [-0.2, 0) is 25.8 Å². The van der Waals surface area contributed by atoms with E-state index in [0.29, 0.717) is 19.1 Å². The number of hydrogen-bond acceptors (Lipinski definition) is 5. The van der Waals surface area contributed by atoms with Crippen LogP contribution in [-0.4, -0.2) is 57.2 Å². The van der Waals surface area contributed by atoms with Gasteiger partial charge in [0.2, 0.25) is 0 Å². The Morgan fingerprint density at radius 3 is 2.71 bits per heavy atom. The summed E-state index contributed by atoms with van der Waals surface area (Å²) in [4.78, 5) is 17.7. The second-order valence-corrected chi connectivity index (χ2v) is 8.45. The minimum atomic E-state index is 0.127. The van der Waals surface area contributed by atoms with Gasteiger partial charge < -0.3 is 13.9 Å². The zero-order chi connectivity index (χ0) is 19.3. The lowest BCUT2D eigenvalue weighted by Crippen LogP contribution is -2.34. The summed E-state index contributed by atoms with van der Waals surface area (Å²) < 4.78 is 8.21. The predicted octanol–water partition coefficient (Wildman–Crippen LogP) is 2.52. The molecule has 3 aliphatic rings. The normalized spacial score (nSPS) is 22.8. The lowest BCUT2D eigenvalue weighted by Gasteiger charge is -2.22. The molecule has 2 aromatic rings. The Morgan fingerprint density at radius 1 is 1.04 bits per heavy atom. The fourth-order valence-corrected chi connectivity index (χ4v) is 5.17. The van der Waals surface area contributed by atoms with Crippen molar-refractivity contribution in [2.24, 2.45) is 0 Å². The summed E-state index contributed by atoms with van der Waals surface area (Å²) in [5.41, 5.74) is 1.98. The molecule has 0 radical (unpaired) electrons. The monoisotopic (exact) mass is 383 g/mol. The Morgan fingerprint density at radius 2 is 1.89 bits per heavy atom. The van der Waals surface area contributed by atoms with Gasteiger partial charge in [-0.05, 0) is 52.6 Å². The highest BCUT2D eigenvalue weighted by atomic mass is 16.3. The summed E-state index contributed by atoms with van der Waals surface area (Å²) in [6.45, 7) is 5.21. The number of rotatable bonds is 2. The summed E-state index contributed by atoms with van der Waals surface area (Å²) >= 11 is 0. The second kappa shape index (κ2) is 7.03. The molecule has 1 aliphatic carbocycles. The molecule has 150 valence electrons. The Bertz CT molecular complexity index is 899. The average Bonchev–Trinajstić information content (AvgIpc) is 3.33. The molecular formula is C21H29N5O2. The van der Waals surface area contributed by atoms with Gasteiger partial charge in [-0.3, -0.25) is 9.69 Å². The SMILES string of the molecule is Cc1oc2c(c1C(=O)N1CCc3nnc(C4CCCN4C)n3CC1)CCCC2. The van der Waals surface area contributed by atoms with Crippen LogP contribution in [0.15, 0.2) is 4.42 Å². The number of likely N-dealkylation sites (tertiary alicyclic amines) is 1. The molecule has 2 aliphatic heterocycles. The van der Waals surface area contributed by atoms with Gasteiger partial charge in [0.1, 0.15) is 23.2 Å². The Kier molecular flexibility index (Phi) is 4.50. The minimum absolute atomic E-state index is 0.127. The van der Waals surface area contributed by atoms with Crippen molar-refractivity contribution in [2.45, 2.75) is 64.5 Å². The molecular weight excluding hydrogens is 354 g/mol. The number of aromatic nitrogens is 3. The number of amides is 1. The Balaban J connectivity index is 1.37. The van der Waals surface area contributed by atoms with Crippen LogP contribution in [0.5, 0.6) is 0 Å². The molecule has 7 nitrogen and oxygen atoms in total.